The van der Waals surface area contributed by atoms with Crippen LogP contribution in [0.25, 0.3) is 0 Å². The van der Waals surface area contributed by atoms with Crippen molar-refractivity contribution in [3.63, 3.8) is 0 Å². The van der Waals surface area contributed by atoms with Crippen LogP contribution in [-0.2, 0) is 19.8 Å². The zero-order chi connectivity index (χ0) is 31.7. The summed E-state index contributed by atoms with van der Waals surface area (Å²) in [6.45, 7) is 9.05. The number of nitrogens with zero attached hydrogens (tertiary/aromatic N) is 3. The van der Waals surface area contributed by atoms with E-state index in [0.29, 0.717) is 10.6 Å². The number of halogens is 4. The first-order chi connectivity index (χ1) is 19.2. The number of aliphatic hydroxyl groups is 1. The quantitative estimate of drug-likeness (QED) is 0.257. The number of azo groups is 1. The van der Waals surface area contributed by atoms with E-state index in [0.717, 1.165) is 6.07 Å². The van der Waals surface area contributed by atoms with Crippen LogP contribution in [0.15, 0.2) is 46.6 Å². The van der Waals surface area contributed by atoms with Crippen molar-refractivity contribution in [3.05, 3.63) is 52.5 Å². The van der Waals surface area contributed by atoms with Gasteiger partial charge in [0.25, 0.3) is 5.54 Å². The van der Waals surface area contributed by atoms with Gasteiger partial charge in [-0.25, -0.2) is 9.59 Å². The van der Waals surface area contributed by atoms with Crippen LogP contribution in [-0.4, -0.2) is 59.1 Å². The molecule has 0 fully saturated rings. The molecular weight excluding hydrogens is 581 g/mol. The second-order valence-corrected chi connectivity index (χ2v) is 12.1. The minimum atomic E-state index is -5.12. The average molecular weight is 615 g/mol. The Kier molecular flexibility index (Phi) is 9.38. The summed E-state index contributed by atoms with van der Waals surface area (Å²) in [4.78, 5) is 26.8. The number of carbonyl (C=O) groups excluding carboxylic acids is 2. The minimum absolute atomic E-state index is 0.0575. The Labute approximate surface area is 246 Å². The maximum atomic E-state index is 14.2. The van der Waals surface area contributed by atoms with Crippen LogP contribution in [0.4, 0.5) is 29.3 Å². The molecule has 0 saturated carbocycles. The van der Waals surface area contributed by atoms with Gasteiger partial charge >= 0.3 is 18.2 Å². The Morgan fingerprint density at radius 3 is 2.26 bits per heavy atom. The molecule has 42 heavy (non-hydrogen) atoms. The van der Waals surface area contributed by atoms with E-state index in [1.165, 1.54) is 49.9 Å². The Morgan fingerprint density at radius 1 is 1.05 bits per heavy atom. The van der Waals surface area contributed by atoms with Crippen LogP contribution in [0, 0.1) is 0 Å². The molecule has 1 heterocycles. The summed E-state index contributed by atoms with van der Waals surface area (Å²) in [5, 5.41) is 18.0. The third kappa shape index (κ3) is 7.62. The molecule has 10 nitrogen and oxygen atoms in total. The summed E-state index contributed by atoms with van der Waals surface area (Å²) in [6.07, 6.45) is -6.97. The topological polar surface area (TPSA) is 136 Å². The Morgan fingerprint density at radius 2 is 1.69 bits per heavy atom. The summed E-state index contributed by atoms with van der Waals surface area (Å²) in [5.74, 6) is -1.47. The number of aliphatic hydroxyl groups excluding tert-OH is 1. The average Bonchev–Trinajstić information content (AvgIpc) is 3.23. The summed E-state index contributed by atoms with van der Waals surface area (Å²) < 4.78 is 58.8. The first-order valence-corrected chi connectivity index (χ1v) is 13.3. The second kappa shape index (κ2) is 12.0. The number of amides is 1. The number of nitrogen functional groups attached to an aromatic ring is 1. The highest BCUT2D eigenvalue weighted by Gasteiger charge is 2.67. The zero-order valence-electron chi connectivity index (χ0n) is 24.1. The summed E-state index contributed by atoms with van der Waals surface area (Å²) in [7, 11) is 0. The fraction of sp³-hybridized carbons (Fsp3) is 0.500. The van der Waals surface area contributed by atoms with Gasteiger partial charge in [-0.2, -0.15) is 23.4 Å². The molecule has 3 N–H and O–H groups in total. The normalized spacial score (nSPS) is 17.4. The van der Waals surface area contributed by atoms with E-state index in [9.17, 15) is 27.9 Å². The molecule has 0 aromatic heterocycles. The van der Waals surface area contributed by atoms with E-state index < -0.39 is 46.6 Å². The largest absolute Gasteiger partial charge is 0.492 e. The van der Waals surface area contributed by atoms with Crippen molar-refractivity contribution in [2.24, 2.45) is 10.2 Å². The van der Waals surface area contributed by atoms with Crippen LogP contribution in [0.2, 0.25) is 5.02 Å². The highest BCUT2D eigenvalue weighted by molar-refractivity contribution is 6.33. The Bertz CT molecular complexity index is 1360. The van der Waals surface area contributed by atoms with E-state index >= 15 is 0 Å². The Hall–Kier alpha value is -3.58. The number of hydrogen-bond acceptors (Lipinski definition) is 9. The van der Waals surface area contributed by atoms with Gasteiger partial charge in [0.2, 0.25) is 0 Å². The molecule has 1 aliphatic rings. The summed E-state index contributed by atoms with van der Waals surface area (Å²) >= 11 is 5.96. The zero-order valence-corrected chi connectivity index (χ0v) is 24.8. The number of benzene rings is 2. The van der Waals surface area contributed by atoms with E-state index in [-0.39, 0.29) is 36.8 Å². The van der Waals surface area contributed by atoms with Crippen molar-refractivity contribution in [1.82, 2.24) is 4.90 Å². The SMILES string of the molecule is CC(C)(C)OC(=O)N(CCOc1ccc2c(c1)N=N[C@]2(C(=O)OC(C)(C)C)C(F)(F)F)CC(O)c1ccc(Cl)c(N)c1. The van der Waals surface area contributed by atoms with Crippen LogP contribution < -0.4 is 10.5 Å². The number of anilines is 1. The molecule has 1 unspecified atom stereocenters. The monoisotopic (exact) mass is 614 g/mol. The summed E-state index contributed by atoms with van der Waals surface area (Å²) in [5.41, 5.74) is 0.496. The lowest BCUT2D eigenvalue weighted by Crippen LogP contribution is -2.49. The van der Waals surface area contributed by atoms with Crippen LogP contribution in [0.3, 0.4) is 0 Å². The molecule has 0 aliphatic carbocycles. The first kappa shape index (κ1) is 32.9. The van der Waals surface area contributed by atoms with Crippen LogP contribution >= 0.6 is 11.6 Å². The van der Waals surface area contributed by atoms with Crippen molar-refractivity contribution >= 4 is 35.0 Å². The highest BCUT2D eigenvalue weighted by atomic mass is 35.5. The molecular formula is C28H34ClF3N4O6. The predicted molar refractivity (Wildman–Crippen MR) is 149 cm³/mol. The Balaban J connectivity index is 1.77. The van der Waals surface area contributed by atoms with Gasteiger partial charge in [-0.05, 0) is 71.4 Å². The molecule has 2 atom stereocenters. The number of carbonyl (C=O) groups is 2. The predicted octanol–water partition coefficient (Wildman–Crippen LogP) is 6.47. The van der Waals surface area contributed by atoms with E-state index in [1.807, 2.05) is 0 Å². The fourth-order valence-electron chi connectivity index (χ4n) is 3.94. The molecule has 2 aromatic carbocycles. The molecule has 1 amide bonds. The summed E-state index contributed by atoms with van der Waals surface area (Å²) in [6, 6.07) is 8.10. The van der Waals surface area contributed by atoms with E-state index in [4.69, 9.17) is 31.5 Å². The molecule has 1 aliphatic heterocycles. The van der Waals surface area contributed by atoms with Gasteiger partial charge in [0.15, 0.2) is 0 Å². The molecule has 14 heteroatoms. The van der Waals surface area contributed by atoms with Crippen molar-refractivity contribution in [2.75, 3.05) is 25.4 Å². The van der Waals surface area contributed by atoms with Crippen LogP contribution in [0.5, 0.6) is 5.75 Å². The first-order valence-electron chi connectivity index (χ1n) is 12.9. The second-order valence-electron chi connectivity index (χ2n) is 11.7. The molecule has 230 valence electrons. The lowest BCUT2D eigenvalue weighted by molar-refractivity contribution is -0.214. The van der Waals surface area contributed by atoms with Gasteiger partial charge in [-0.3, -0.25) is 0 Å². The number of esters is 1. The standard InChI is InChI=1S/C28H34ClF3N4O6/c1-25(2,3)41-23(38)27(28(30,31)32)18-9-8-17(14-21(18)34-35-27)40-12-11-36(24(39)42-26(4,5)6)15-22(37)16-7-10-19(29)20(33)13-16/h7-10,13-14,22,37H,11-12,15,33H2,1-6H3/t22?,27-/m1/s1. The molecule has 0 saturated heterocycles. The molecule has 0 bridgehead atoms. The third-order valence-electron chi connectivity index (χ3n) is 5.85. The maximum Gasteiger partial charge on any atom is 0.430 e. The number of rotatable bonds is 8. The molecule has 2 aromatic rings. The molecule has 3 rings (SSSR count). The lowest BCUT2D eigenvalue weighted by Gasteiger charge is -2.30. The van der Waals surface area contributed by atoms with E-state index in [2.05, 4.69) is 10.2 Å². The fourth-order valence-corrected chi connectivity index (χ4v) is 4.06. The van der Waals surface area contributed by atoms with Crippen molar-refractivity contribution in [3.8, 4) is 5.75 Å². The number of fused-ring (bicyclic) bond motifs is 1. The lowest BCUT2D eigenvalue weighted by atomic mass is 9.89. The van der Waals surface area contributed by atoms with Gasteiger partial charge in [-0.1, -0.05) is 17.7 Å². The minimum Gasteiger partial charge on any atom is -0.492 e. The van der Waals surface area contributed by atoms with Gasteiger partial charge in [0, 0.05) is 11.6 Å². The van der Waals surface area contributed by atoms with Gasteiger partial charge < -0.3 is 30.0 Å². The number of hydrogen-bond donors (Lipinski definition) is 2. The number of ether oxygens (including phenoxy) is 3. The number of nitrogens with two attached hydrogens (primary N) is 1. The van der Waals surface area contributed by atoms with E-state index in [1.54, 1.807) is 26.8 Å². The molecule has 0 radical (unpaired) electrons. The molecule has 0 spiro atoms. The highest BCUT2D eigenvalue weighted by Crippen LogP contribution is 2.52. The third-order valence-corrected chi connectivity index (χ3v) is 6.20. The van der Waals surface area contributed by atoms with Gasteiger partial charge in [-0.15, -0.1) is 0 Å². The van der Waals surface area contributed by atoms with Gasteiger partial charge in [0.1, 0.15) is 23.6 Å². The van der Waals surface area contributed by atoms with Crippen molar-refractivity contribution in [2.45, 2.75) is 70.6 Å². The smallest absolute Gasteiger partial charge is 0.430 e. The van der Waals surface area contributed by atoms with Crippen molar-refractivity contribution in [1.29, 1.82) is 0 Å². The van der Waals surface area contributed by atoms with Crippen LogP contribution in [0.1, 0.15) is 58.8 Å². The van der Waals surface area contributed by atoms with Crippen molar-refractivity contribution < 1.29 is 42.1 Å². The van der Waals surface area contributed by atoms with Gasteiger partial charge in [0.05, 0.1) is 35.6 Å². The number of alkyl halides is 3. The maximum absolute atomic E-state index is 14.2.